The van der Waals surface area contributed by atoms with E-state index >= 15 is 0 Å². The molecule has 1 aromatic carbocycles. The van der Waals surface area contributed by atoms with E-state index in [1.165, 1.54) is 23.7 Å². The van der Waals surface area contributed by atoms with E-state index in [-0.39, 0.29) is 17.4 Å². The van der Waals surface area contributed by atoms with Crippen molar-refractivity contribution in [1.29, 1.82) is 5.26 Å². The monoisotopic (exact) mass is 357 g/mol. The van der Waals surface area contributed by atoms with Crippen molar-refractivity contribution in [1.82, 2.24) is 9.13 Å². The second kappa shape index (κ2) is 7.04. The first-order valence-corrected chi connectivity index (χ1v) is 8.39. The van der Waals surface area contributed by atoms with E-state index in [2.05, 4.69) is 5.32 Å². The quantitative estimate of drug-likeness (QED) is 0.892. The summed E-state index contributed by atoms with van der Waals surface area (Å²) in [5.41, 5.74) is -0.184. The molecule has 1 aliphatic rings. The van der Waals surface area contributed by atoms with Gasteiger partial charge in [0, 0.05) is 38.9 Å². The Labute approximate surface area is 149 Å². The molecule has 0 unspecified atom stereocenters. The molecule has 1 saturated heterocycles. The summed E-state index contributed by atoms with van der Waals surface area (Å²) in [4.78, 5) is 26.3. The smallest absolute Gasteiger partial charge is 0.332 e. The number of piperidine rings is 1. The lowest BCUT2D eigenvalue weighted by molar-refractivity contribution is 0.513. The first-order valence-electron chi connectivity index (χ1n) is 8.39. The van der Waals surface area contributed by atoms with Gasteiger partial charge in [0.05, 0.1) is 0 Å². The van der Waals surface area contributed by atoms with Crippen LogP contribution in [0.25, 0.3) is 0 Å². The molecule has 1 aromatic heterocycles. The summed E-state index contributed by atoms with van der Waals surface area (Å²) in [6, 6.07) is 8.35. The molecule has 136 valence electrons. The predicted octanol–water partition coefficient (Wildman–Crippen LogP) is 1.18. The fourth-order valence-corrected chi connectivity index (χ4v) is 3.32. The first kappa shape index (κ1) is 17.7. The van der Waals surface area contributed by atoms with Gasteiger partial charge in [0.1, 0.15) is 17.7 Å². The van der Waals surface area contributed by atoms with Gasteiger partial charge in [-0.05, 0) is 37.1 Å². The molecule has 8 heteroatoms. The molecule has 1 aliphatic heterocycles. The van der Waals surface area contributed by atoms with Gasteiger partial charge in [-0.3, -0.25) is 13.9 Å². The Hall–Kier alpha value is -3.08. The second-order valence-corrected chi connectivity index (χ2v) is 6.43. The number of rotatable bonds is 3. The number of halogens is 1. The largest absolute Gasteiger partial charge is 0.382 e. The van der Waals surface area contributed by atoms with Gasteiger partial charge in [0.15, 0.2) is 5.56 Å². The van der Waals surface area contributed by atoms with E-state index in [0.29, 0.717) is 18.9 Å². The molecule has 0 radical (unpaired) electrons. The lowest BCUT2D eigenvalue weighted by Crippen LogP contribution is -2.46. The molecule has 1 N–H and O–H groups in total. The maximum atomic E-state index is 13.0. The molecule has 0 aliphatic carbocycles. The summed E-state index contributed by atoms with van der Waals surface area (Å²) in [5, 5.41) is 12.8. The standard InChI is InChI=1S/C18H20FN5O2/c1-22-16(15(11-20)17(25)23(2)18(22)26)24-9-7-14(8-10-24)21-13-5-3-12(19)4-6-13/h3-6,14,21H,7-10H2,1-2H3. The Morgan fingerprint density at radius 3 is 2.31 bits per heavy atom. The number of aromatic nitrogens is 2. The molecule has 0 saturated carbocycles. The van der Waals surface area contributed by atoms with Crippen molar-refractivity contribution in [3.63, 3.8) is 0 Å². The SMILES string of the molecule is Cn1c(N2CCC(Nc3ccc(F)cc3)CC2)c(C#N)c(=O)n(C)c1=O. The Kier molecular flexibility index (Phi) is 4.80. The number of nitrogens with one attached hydrogen (secondary N) is 1. The molecule has 26 heavy (non-hydrogen) atoms. The van der Waals surface area contributed by atoms with E-state index in [9.17, 15) is 19.2 Å². The van der Waals surface area contributed by atoms with Crippen molar-refractivity contribution in [3.8, 4) is 6.07 Å². The zero-order valence-corrected chi connectivity index (χ0v) is 14.7. The molecule has 0 atom stereocenters. The van der Waals surface area contributed by atoms with Crippen LogP contribution in [0.3, 0.4) is 0 Å². The molecule has 0 bridgehead atoms. The third kappa shape index (κ3) is 3.20. The van der Waals surface area contributed by atoms with Crippen molar-refractivity contribution in [2.24, 2.45) is 14.1 Å². The first-order chi connectivity index (χ1) is 12.4. The van der Waals surface area contributed by atoms with Crippen molar-refractivity contribution < 1.29 is 4.39 Å². The number of anilines is 2. The average molecular weight is 357 g/mol. The van der Waals surface area contributed by atoms with Crippen molar-refractivity contribution in [2.75, 3.05) is 23.3 Å². The third-order valence-electron chi connectivity index (χ3n) is 4.75. The number of hydrogen-bond acceptors (Lipinski definition) is 5. The topological polar surface area (TPSA) is 83.1 Å². The maximum Gasteiger partial charge on any atom is 0.332 e. The summed E-state index contributed by atoms with van der Waals surface area (Å²) in [5.74, 6) is 0.0989. The fourth-order valence-electron chi connectivity index (χ4n) is 3.32. The van der Waals surface area contributed by atoms with Crippen LogP contribution in [0.1, 0.15) is 18.4 Å². The van der Waals surface area contributed by atoms with Gasteiger partial charge < -0.3 is 10.2 Å². The molecular formula is C18H20FN5O2. The van der Waals surface area contributed by atoms with E-state index in [4.69, 9.17) is 0 Å². The lowest BCUT2D eigenvalue weighted by atomic mass is 10.0. The van der Waals surface area contributed by atoms with Crippen molar-refractivity contribution in [3.05, 3.63) is 56.5 Å². The van der Waals surface area contributed by atoms with Gasteiger partial charge in [-0.25, -0.2) is 9.18 Å². The maximum absolute atomic E-state index is 13.0. The van der Waals surface area contributed by atoms with Gasteiger partial charge in [0.25, 0.3) is 5.56 Å². The zero-order valence-electron chi connectivity index (χ0n) is 14.7. The van der Waals surface area contributed by atoms with Crippen molar-refractivity contribution >= 4 is 11.5 Å². The van der Waals surface area contributed by atoms with Crippen LogP contribution in [0.2, 0.25) is 0 Å². The van der Waals surface area contributed by atoms with Crippen LogP contribution in [-0.2, 0) is 14.1 Å². The number of hydrogen-bond donors (Lipinski definition) is 1. The average Bonchev–Trinajstić information content (AvgIpc) is 2.65. The molecule has 0 spiro atoms. The van der Waals surface area contributed by atoms with E-state index in [0.717, 1.165) is 23.1 Å². The van der Waals surface area contributed by atoms with Crippen LogP contribution in [-0.4, -0.2) is 28.3 Å². The Morgan fingerprint density at radius 2 is 1.73 bits per heavy atom. The van der Waals surface area contributed by atoms with E-state index < -0.39 is 11.2 Å². The summed E-state index contributed by atoms with van der Waals surface area (Å²) < 4.78 is 15.3. The van der Waals surface area contributed by atoms with Crippen LogP contribution in [0.5, 0.6) is 0 Å². The highest BCUT2D eigenvalue weighted by Gasteiger charge is 2.25. The van der Waals surface area contributed by atoms with Gasteiger partial charge in [-0.1, -0.05) is 0 Å². The summed E-state index contributed by atoms with van der Waals surface area (Å²) >= 11 is 0. The van der Waals surface area contributed by atoms with Gasteiger partial charge >= 0.3 is 5.69 Å². The van der Waals surface area contributed by atoms with Gasteiger partial charge in [-0.2, -0.15) is 5.26 Å². The number of nitriles is 1. The Morgan fingerprint density at radius 1 is 1.12 bits per heavy atom. The van der Waals surface area contributed by atoms with E-state index in [1.54, 1.807) is 19.2 Å². The van der Waals surface area contributed by atoms with Crippen molar-refractivity contribution in [2.45, 2.75) is 18.9 Å². The lowest BCUT2D eigenvalue weighted by Gasteiger charge is -2.35. The highest BCUT2D eigenvalue weighted by Crippen LogP contribution is 2.22. The van der Waals surface area contributed by atoms with E-state index in [1.807, 2.05) is 11.0 Å². The third-order valence-corrected chi connectivity index (χ3v) is 4.75. The minimum Gasteiger partial charge on any atom is -0.382 e. The Balaban J connectivity index is 1.78. The van der Waals surface area contributed by atoms with Crippen LogP contribution >= 0.6 is 0 Å². The van der Waals surface area contributed by atoms with Crippen LogP contribution in [0, 0.1) is 17.1 Å². The molecule has 3 rings (SSSR count). The summed E-state index contributed by atoms with van der Waals surface area (Å²) in [6.45, 7) is 1.21. The summed E-state index contributed by atoms with van der Waals surface area (Å²) in [7, 11) is 2.94. The highest BCUT2D eigenvalue weighted by molar-refractivity contribution is 5.54. The minimum absolute atomic E-state index is 0.0143. The highest BCUT2D eigenvalue weighted by atomic mass is 19.1. The molecule has 1 fully saturated rings. The molecule has 2 heterocycles. The van der Waals surface area contributed by atoms with Crippen LogP contribution in [0.15, 0.2) is 33.9 Å². The molecule has 0 amide bonds. The number of nitrogens with zero attached hydrogens (tertiary/aromatic N) is 4. The van der Waals surface area contributed by atoms with Crippen LogP contribution < -0.4 is 21.5 Å². The number of benzene rings is 1. The fraction of sp³-hybridized carbons (Fsp3) is 0.389. The Bertz CT molecular complexity index is 963. The zero-order chi connectivity index (χ0) is 18.8. The molecular weight excluding hydrogens is 337 g/mol. The molecule has 7 nitrogen and oxygen atoms in total. The summed E-state index contributed by atoms with van der Waals surface area (Å²) in [6.07, 6.45) is 1.54. The van der Waals surface area contributed by atoms with Gasteiger partial charge in [-0.15, -0.1) is 0 Å². The molecule has 2 aromatic rings. The van der Waals surface area contributed by atoms with Crippen LogP contribution in [0.4, 0.5) is 15.9 Å². The second-order valence-electron chi connectivity index (χ2n) is 6.43. The normalized spacial score (nSPS) is 14.9. The minimum atomic E-state index is -0.572. The van der Waals surface area contributed by atoms with Gasteiger partial charge in [0.2, 0.25) is 0 Å². The predicted molar refractivity (Wildman–Crippen MR) is 96.9 cm³/mol.